The number of nitrogens with two attached hydrogens (primary N) is 1. The third-order valence-electron chi connectivity index (χ3n) is 8.76. The number of esters is 1. The summed E-state index contributed by atoms with van der Waals surface area (Å²) in [4.78, 5) is 35.0. The highest BCUT2D eigenvalue weighted by atomic mass is 32.1. The van der Waals surface area contributed by atoms with Crippen molar-refractivity contribution in [2.45, 2.75) is 52.7 Å². The number of rotatable bonds is 7. The number of morpholine rings is 1. The molecule has 2 aliphatic heterocycles. The van der Waals surface area contributed by atoms with Gasteiger partial charge in [0.05, 0.1) is 24.8 Å². The summed E-state index contributed by atoms with van der Waals surface area (Å²) in [6.07, 6.45) is 2.09. The fourth-order valence-corrected chi connectivity index (χ4v) is 7.45. The fraction of sp³-hybridized carbons (Fsp3) is 0.500. The van der Waals surface area contributed by atoms with Crippen molar-refractivity contribution in [2.75, 3.05) is 50.0 Å². The first-order valence-corrected chi connectivity index (χ1v) is 16.4. The summed E-state index contributed by atoms with van der Waals surface area (Å²) in [5.74, 6) is 1.19. The van der Waals surface area contributed by atoms with Crippen LogP contribution in [0, 0.1) is 24.7 Å². The number of hydrogen-bond donors (Lipinski definition) is 1. The second kappa shape index (κ2) is 12.4. The van der Waals surface area contributed by atoms with E-state index in [-0.39, 0.29) is 36.2 Å². The number of aromatic nitrogens is 1. The van der Waals surface area contributed by atoms with Gasteiger partial charge in [-0.2, -0.15) is 0 Å². The van der Waals surface area contributed by atoms with E-state index in [1.165, 1.54) is 0 Å². The van der Waals surface area contributed by atoms with Crippen LogP contribution in [-0.4, -0.2) is 66.8 Å². The predicted molar refractivity (Wildman–Crippen MR) is 172 cm³/mol. The van der Waals surface area contributed by atoms with Crippen molar-refractivity contribution >= 4 is 34.0 Å². The quantitative estimate of drug-likeness (QED) is 0.271. The average Bonchev–Trinajstić information content (AvgIpc) is 3.59. The second-order valence-electron chi connectivity index (χ2n) is 13.2. The Labute approximate surface area is 263 Å². The largest absolute Gasteiger partial charge is 0.488 e. The number of nitrogen functional groups attached to an aromatic ring is 1. The van der Waals surface area contributed by atoms with Crippen LogP contribution in [0.1, 0.15) is 55.1 Å². The third kappa shape index (κ3) is 6.56. The number of amides is 1. The van der Waals surface area contributed by atoms with Gasteiger partial charge in [-0.25, -0.2) is 4.98 Å². The summed E-state index contributed by atoms with van der Waals surface area (Å²) in [5.41, 5.74) is 10.7. The SMILES string of the molecule is Cc1ccc(OCc2ccc(C(=O)N3CCOCC3)cc2N)c(-c2csc(N3CC4CCC(C3)C4C(=O)OC(C)(C)C)n2)c1. The van der Waals surface area contributed by atoms with Gasteiger partial charge < -0.3 is 29.7 Å². The second-order valence-corrected chi connectivity index (χ2v) is 14.0. The van der Waals surface area contributed by atoms with Gasteiger partial charge in [0.25, 0.3) is 5.91 Å². The molecule has 1 aromatic heterocycles. The van der Waals surface area contributed by atoms with E-state index in [9.17, 15) is 9.59 Å². The molecule has 0 spiro atoms. The van der Waals surface area contributed by atoms with Crippen molar-refractivity contribution < 1.29 is 23.8 Å². The molecule has 2 bridgehead atoms. The minimum Gasteiger partial charge on any atom is -0.488 e. The number of hydrogen-bond acceptors (Lipinski definition) is 9. The van der Waals surface area contributed by atoms with E-state index < -0.39 is 5.60 Å². The molecule has 6 rings (SSSR count). The molecule has 234 valence electrons. The lowest BCUT2D eigenvalue weighted by Gasteiger charge is -2.37. The first-order chi connectivity index (χ1) is 21.1. The molecule has 3 fully saturated rings. The van der Waals surface area contributed by atoms with Gasteiger partial charge in [0, 0.05) is 53.9 Å². The fourth-order valence-electron chi connectivity index (χ4n) is 6.60. The number of nitrogens with zero attached hydrogens (tertiary/aromatic N) is 3. The lowest BCUT2D eigenvalue weighted by Crippen LogP contribution is -2.46. The maximum absolute atomic E-state index is 13.0. The molecule has 44 heavy (non-hydrogen) atoms. The Morgan fingerprint density at radius 3 is 2.48 bits per heavy atom. The number of thiazole rings is 1. The van der Waals surface area contributed by atoms with E-state index >= 15 is 0 Å². The van der Waals surface area contributed by atoms with Crippen molar-refractivity contribution in [2.24, 2.45) is 17.8 Å². The zero-order valence-corrected chi connectivity index (χ0v) is 26.8. The Morgan fingerprint density at radius 1 is 1.07 bits per heavy atom. The zero-order chi connectivity index (χ0) is 31.0. The third-order valence-corrected chi connectivity index (χ3v) is 9.66. The number of ether oxygens (including phenoxy) is 3. The molecule has 2 atom stereocenters. The summed E-state index contributed by atoms with van der Waals surface area (Å²) < 4.78 is 17.5. The van der Waals surface area contributed by atoms with Gasteiger partial charge in [-0.05, 0) is 76.6 Å². The molecular weight excluding hydrogens is 576 g/mol. The first-order valence-electron chi connectivity index (χ1n) is 15.5. The Bertz CT molecular complexity index is 1510. The molecule has 3 aliphatic rings. The van der Waals surface area contributed by atoms with Crippen LogP contribution < -0.4 is 15.4 Å². The number of anilines is 2. The molecule has 2 aromatic carbocycles. The molecule has 2 saturated heterocycles. The molecular formula is C34H42N4O5S. The van der Waals surface area contributed by atoms with E-state index in [1.54, 1.807) is 22.3 Å². The maximum atomic E-state index is 13.0. The van der Waals surface area contributed by atoms with Crippen molar-refractivity contribution in [3.8, 4) is 17.0 Å². The van der Waals surface area contributed by atoms with E-state index in [2.05, 4.69) is 23.3 Å². The molecule has 0 radical (unpaired) electrons. The van der Waals surface area contributed by atoms with E-state index in [0.717, 1.165) is 59.2 Å². The molecule has 9 nitrogen and oxygen atoms in total. The Kier molecular flexibility index (Phi) is 8.57. The van der Waals surface area contributed by atoms with Crippen LogP contribution in [0.4, 0.5) is 10.8 Å². The number of benzene rings is 2. The first kappa shape index (κ1) is 30.4. The summed E-state index contributed by atoms with van der Waals surface area (Å²) in [6.45, 7) is 12.0. The minimum atomic E-state index is -0.470. The molecule has 2 unspecified atom stereocenters. The summed E-state index contributed by atoms with van der Waals surface area (Å²) in [5, 5.41) is 3.05. The van der Waals surface area contributed by atoms with Crippen LogP contribution in [0.5, 0.6) is 5.75 Å². The van der Waals surface area contributed by atoms with Crippen LogP contribution in [0.25, 0.3) is 11.3 Å². The Balaban J connectivity index is 1.14. The van der Waals surface area contributed by atoms with Crippen LogP contribution in [-0.2, 0) is 20.9 Å². The maximum Gasteiger partial charge on any atom is 0.310 e. The van der Waals surface area contributed by atoms with E-state index in [0.29, 0.717) is 37.6 Å². The van der Waals surface area contributed by atoms with Crippen molar-refractivity contribution in [1.82, 2.24) is 9.88 Å². The standard InChI is InChI=1S/C34H42N4O5S/c1-21-5-10-29(42-19-25-9-6-22(16-27(25)35)31(39)37-11-13-41-14-12-37)26(15-21)28-20-44-33(36-28)38-17-23-7-8-24(18-38)30(23)32(40)43-34(2,3)4/h5-6,9-10,15-16,20,23-24,30H,7-8,11-14,17-19,35H2,1-4H3. The minimum absolute atomic E-state index is 0.0272. The number of fused-ring (bicyclic) bond motifs is 2. The average molecular weight is 619 g/mol. The topological polar surface area (TPSA) is 107 Å². The number of carbonyl (C=O) groups excluding carboxylic acids is 2. The lowest BCUT2D eigenvalue weighted by atomic mass is 9.85. The van der Waals surface area contributed by atoms with Gasteiger partial charge >= 0.3 is 5.97 Å². The lowest BCUT2D eigenvalue weighted by molar-refractivity contribution is -0.163. The normalized spacial score (nSPS) is 21.8. The summed E-state index contributed by atoms with van der Waals surface area (Å²) in [6, 6.07) is 11.5. The number of carbonyl (C=O) groups is 2. The Morgan fingerprint density at radius 2 is 1.80 bits per heavy atom. The summed E-state index contributed by atoms with van der Waals surface area (Å²) >= 11 is 1.63. The van der Waals surface area contributed by atoms with Crippen LogP contribution >= 0.6 is 11.3 Å². The van der Waals surface area contributed by atoms with Crippen molar-refractivity contribution in [1.29, 1.82) is 0 Å². The van der Waals surface area contributed by atoms with Crippen LogP contribution in [0.3, 0.4) is 0 Å². The van der Waals surface area contributed by atoms with E-state index in [1.807, 2.05) is 45.0 Å². The van der Waals surface area contributed by atoms with Gasteiger partial charge in [0.1, 0.15) is 18.0 Å². The zero-order valence-electron chi connectivity index (χ0n) is 26.0. The highest BCUT2D eigenvalue weighted by molar-refractivity contribution is 7.14. The van der Waals surface area contributed by atoms with Gasteiger partial charge in [-0.3, -0.25) is 9.59 Å². The van der Waals surface area contributed by atoms with Gasteiger partial charge in [0.2, 0.25) is 0 Å². The van der Waals surface area contributed by atoms with Crippen LogP contribution in [0.15, 0.2) is 41.8 Å². The van der Waals surface area contributed by atoms with Gasteiger partial charge in [-0.1, -0.05) is 17.7 Å². The Hall–Kier alpha value is -3.63. The monoisotopic (exact) mass is 618 g/mol. The molecule has 1 aliphatic carbocycles. The molecule has 1 amide bonds. The predicted octanol–water partition coefficient (Wildman–Crippen LogP) is 5.56. The van der Waals surface area contributed by atoms with Gasteiger partial charge in [0.15, 0.2) is 5.13 Å². The summed E-state index contributed by atoms with van der Waals surface area (Å²) in [7, 11) is 0. The molecule has 3 aromatic rings. The molecule has 10 heteroatoms. The molecule has 1 saturated carbocycles. The van der Waals surface area contributed by atoms with Crippen molar-refractivity contribution in [3.05, 3.63) is 58.5 Å². The van der Waals surface area contributed by atoms with Crippen LogP contribution in [0.2, 0.25) is 0 Å². The smallest absolute Gasteiger partial charge is 0.310 e. The molecule has 3 heterocycles. The van der Waals surface area contributed by atoms with E-state index in [4.69, 9.17) is 24.9 Å². The van der Waals surface area contributed by atoms with Gasteiger partial charge in [-0.15, -0.1) is 11.3 Å². The van der Waals surface area contributed by atoms with Crippen molar-refractivity contribution in [3.63, 3.8) is 0 Å². The highest BCUT2D eigenvalue weighted by Crippen LogP contribution is 2.45. The highest BCUT2D eigenvalue weighted by Gasteiger charge is 2.48. The number of aryl methyl sites for hydroxylation is 1. The molecule has 2 N–H and O–H groups in total. The number of piperidine rings is 1.